The smallest absolute Gasteiger partial charge is 0.278 e. The number of likely N-dealkylation sites (tertiary alicyclic amines) is 1. The Morgan fingerprint density at radius 1 is 1.03 bits per heavy atom. The number of fused-ring (bicyclic) bond motifs is 1. The average Bonchev–Trinajstić information content (AvgIpc) is 2.87. The van der Waals surface area contributed by atoms with E-state index in [9.17, 15) is 14.4 Å². The molecule has 2 aromatic rings. The van der Waals surface area contributed by atoms with Crippen molar-refractivity contribution in [1.29, 1.82) is 0 Å². The second-order valence-corrected chi connectivity index (χ2v) is 7.87. The monoisotopic (exact) mass is 394 g/mol. The highest BCUT2D eigenvalue weighted by Gasteiger charge is 2.32. The number of rotatable bonds is 3. The normalized spacial score (nSPS) is 19.0. The largest absolute Gasteiger partial charge is 0.341 e. The van der Waals surface area contributed by atoms with Crippen molar-refractivity contribution in [1.82, 2.24) is 14.7 Å². The van der Waals surface area contributed by atoms with Crippen LogP contribution in [0, 0.1) is 0 Å². The third kappa shape index (κ3) is 3.95. The van der Waals surface area contributed by atoms with E-state index in [1.807, 2.05) is 31.2 Å². The fourth-order valence-corrected chi connectivity index (χ4v) is 4.22. The number of nitrogens with zero attached hydrogens (tertiary/aromatic N) is 4. The van der Waals surface area contributed by atoms with Gasteiger partial charge in [0, 0.05) is 30.9 Å². The zero-order valence-corrected chi connectivity index (χ0v) is 16.7. The van der Waals surface area contributed by atoms with E-state index in [1.54, 1.807) is 9.80 Å². The first-order valence-corrected chi connectivity index (χ1v) is 10.3. The summed E-state index contributed by atoms with van der Waals surface area (Å²) >= 11 is 0. The fourth-order valence-electron chi connectivity index (χ4n) is 4.22. The van der Waals surface area contributed by atoms with Crippen molar-refractivity contribution in [2.75, 3.05) is 18.0 Å². The predicted octanol–water partition coefficient (Wildman–Crippen LogP) is 2.24. The maximum atomic E-state index is 13.2. The van der Waals surface area contributed by atoms with Crippen molar-refractivity contribution in [3.8, 4) is 0 Å². The molecule has 4 rings (SSSR count). The summed E-state index contributed by atoms with van der Waals surface area (Å²) in [5.41, 5.74) is 1.81. The van der Waals surface area contributed by atoms with E-state index in [2.05, 4.69) is 5.10 Å². The first-order valence-electron chi connectivity index (χ1n) is 10.3. The van der Waals surface area contributed by atoms with Crippen molar-refractivity contribution in [3.05, 3.63) is 58.0 Å². The second-order valence-electron chi connectivity index (χ2n) is 7.87. The summed E-state index contributed by atoms with van der Waals surface area (Å²) in [6.45, 7) is 3.30. The molecule has 2 aliphatic rings. The second kappa shape index (κ2) is 8.19. The molecule has 0 N–H and O–H groups in total. The van der Waals surface area contributed by atoms with Crippen LogP contribution in [0.2, 0.25) is 0 Å². The maximum absolute atomic E-state index is 13.2. The molecular weight excluding hydrogens is 368 g/mol. The quantitative estimate of drug-likeness (QED) is 0.800. The van der Waals surface area contributed by atoms with Crippen LogP contribution in [0.3, 0.4) is 0 Å². The van der Waals surface area contributed by atoms with Crippen LogP contribution in [0.1, 0.15) is 48.7 Å². The first-order chi connectivity index (χ1) is 14.0. The van der Waals surface area contributed by atoms with Crippen molar-refractivity contribution in [2.24, 2.45) is 0 Å². The number of benzene rings is 1. The van der Waals surface area contributed by atoms with Crippen LogP contribution in [0.25, 0.3) is 0 Å². The molecular formula is C22H26N4O3. The summed E-state index contributed by atoms with van der Waals surface area (Å²) in [4.78, 5) is 41.6. The zero-order chi connectivity index (χ0) is 20.4. The van der Waals surface area contributed by atoms with Crippen LogP contribution in [-0.4, -0.2) is 45.6 Å². The van der Waals surface area contributed by atoms with Crippen LogP contribution in [0.15, 0.2) is 41.2 Å². The van der Waals surface area contributed by atoms with Gasteiger partial charge >= 0.3 is 0 Å². The Morgan fingerprint density at radius 2 is 1.76 bits per heavy atom. The molecule has 1 atom stereocenters. The fraction of sp³-hybridized carbons (Fsp3) is 0.455. The number of anilines is 1. The summed E-state index contributed by atoms with van der Waals surface area (Å²) in [6, 6.07) is 10.6. The van der Waals surface area contributed by atoms with E-state index < -0.39 is 0 Å². The first kappa shape index (κ1) is 19.4. The lowest BCUT2D eigenvalue weighted by atomic mass is 10.1. The Labute approximate surface area is 169 Å². The van der Waals surface area contributed by atoms with Crippen LogP contribution in [-0.2, 0) is 17.8 Å². The lowest BCUT2D eigenvalue weighted by Gasteiger charge is -2.23. The molecule has 1 saturated heterocycles. The Balaban J connectivity index is 1.56. The molecule has 0 aliphatic carbocycles. The van der Waals surface area contributed by atoms with E-state index in [0.717, 1.165) is 48.0 Å². The van der Waals surface area contributed by atoms with E-state index in [-0.39, 0.29) is 35.7 Å². The Kier molecular flexibility index (Phi) is 5.47. The summed E-state index contributed by atoms with van der Waals surface area (Å²) < 4.78 is 1.12. The van der Waals surface area contributed by atoms with E-state index in [4.69, 9.17) is 0 Å². The summed E-state index contributed by atoms with van der Waals surface area (Å²) in [6.07, 6.45) is 5.01. The molecule has 3 heterocycles. The molecule has 0 bridgehead atoms. The third-order valence-electron chi connectivity index (χ3n) is 5.76. The molecule has 152 valence electrons. The van der Waals surface area contributed by atoms with Crippen molar-refractivity contribution in [2.45, 2.75) is 51.6 Å². The molecule has 1 fully saturated rings. The van der Waals surface area contributed by atoms with Crippen molar-refractivity contribution in [3.63, 3.8) is 0 Å². The Bertz CT molecular complexity index is 976. The Hall–Kier alpha value is -2.96. The lowest BCUT2D eigenvalue weighted by Crippen LogP contribution is -2.40. The van der Waals surface area contributed by atoms with Gasteiger partial charge in [-0.1, -0.05) is 31.0 Å². The molecule has 1 aromatic heterocycles. The summed E-state index contributed by atoms with van der Waals surface area (Å²) in [7, 11) is 0. The molecule has 2 amide bonds. The van der Waals surface area contributed by atoms with Gasteiger partial charge in [-0.2, -0.15) is 5.10 Å². The highest BCUT2D eigenvalue weighted by molar-refractivity contribution is 6.06. The molecule has 0 radical (unpaired) electrons. The Morgan fingerprint density at radius 3 is 2.52 bits per heavy atom. The minimum absolute atomic E-state index is 0.0146. The van der Waals surface area contributed by atoms with E-state index in [0.29, 0.717) is 13.1 Å². The average molecular weight is 394 g/mol. The molecule has 7 heteroatoms. The van der Waals surface area contributed by atoms with Gasteiger partial charge in [-0.25, -0.2) is 4.68 Å². The van der Waals surface area contributed by atoms with Gasteiger partial charge in [0.1, 0.15) is 12.2 Å². The van der Waals surface area contributed by atoms with Crippen LogP contribution >= 0.6 is 0 Å². The van der Waals surface area contributed by atoms with Crippen LogP contribution in [0.4, 0.5) is 5.69 Å². The van der Waals surface area contributed by atoms with Gasteiger partial charge in [-0.15, -0.1) is 0 Å². The molecule has 2 aliphatic heterocycles. The highest BCUT2D eigenvalue weighted by atomic mass is 16.2. The predicted molar refractivity (Wildman–Crippen MR) is 110 cm³/mol. The number of hydrogen-bond acceptors (Lipinski definition) is 4. The van der Waals surface area contributed by atoms with Gasteiger partial charge < -0.3 is 9.80 Å². The number of carbonyl (C=O) groups is 2. The van der Waals surface area contributed by atoms with Crippen LogP contribution < -0.4 is 10.5 Å². The van der Waals surface area contributed by atoms with Crippen molar-refractivity contribution < 1.29 is 9.59 Å². The summed E-state index contributed by atoms with van der Waals surface area (Å²) in [5.74, 6) is -0.371. The van der Waals surface area contributed by atoms with Gasteiger partial charge in [0.15, 0.2) is 0 Å². The SMILES string of the molecule is C[C@H]1Cc2ccccc2N1C(=O)c1ccc(=O)n(CC(=O)N2CCCCCC2)n1. The lowest BCUT2D eigenvalue weighted by molar-refractivity contribution is -0.132. The number of amides is 2. The van der Waals surface area contributed by atoms with E-state index >= 15 is 0 Å². The topological polar surface area (TPSA) is 75.5 Å². The third-order valence-corrected chi connectivity index (χ3v) is 5.76. The molecule has 1 aromatic carbocycles. The number of hydrogen-bond donors (Lipinski definition) is 0. The summed E-state index contributed by atoms with van der Waals surface area (Å²) in [5, 5.41) is 4.25. The van der Waals surface area contributed by atoms with E-state index in [1.165, 1.54) is 12.1 Å². The minimum atomic E-state index is -0.375. The van der Waals surface area contributed by atoms with Gasteiger partial charge in [0.2, 0.25) is 5.91 Å². The standard InChI is InChI=1S/C22H26N4O3/c1-16-14-17-8-4-5-9-19(17)26(16)22(29)18-10-11-20(27)25(23-18)15-21(28)24-12-6-2-3-7-13-24/h4-5,8-11,16H,2-3,6-7,12-15H2,1H3/t16-/m0/s1. The van der Waals surface area contributed by atoms with Gasteiger partial charge in [0.05, 0.1) is 0 Å². The molecule has 0 spiro atoms. The molecule has 0 unspecified atom stereocenters. The highest BCUT2D eigenvalue weighted by Crippen LogP contribution is 2.32. The molecule has 7 nitrogen and oxygen atoms in total. The molecule has 29 heavy (non-hydrogen) atoms. The van der Waals surface area contributed by atoms with Crippen molar-refractivity contribution >= 4 is 17.5 Å². The van der Waals surface area contributed by atoms with Gasteiger partial charge in [0.25, 0.3) is 11.5 Å². The number of carbonyl (C=O) groups excluding carboxylic acids is 2. The number of aromatic nitrogens is 2. The van der Waals surface area contributed by atoms with Gasteiger partial charge in [-0.3, -0.25) is 14.4 Å². The number of para-hydroxylation sites is 1. The molecule has 0 saturated carbocycles. The van der Waals surface area contributed by atoms with Gasteiger partial charge in [-0.05, 0) is 43.9 Å². The minimum Gasteiger partial charge on any atom is -0.341 e. The maximum Gasteiger partial charge on any atom is 0.278 e. The zero-order valence-electron chi connectivity index (χ0n) is 16.7. The van der Waals surface area contributed by atoms with Crippen LogP contribution in [0.5, 0.6) is 0 Å².